The summed E-state index contributed by atoms with van der Waals surface area (Å²) < 4.78 is 37.6. The van der Waals surface area contributed by atoms with Gasteiger partial charge in [0, 0.05) is 18.8 Å². The van der Waals surface area contributed by atoms with E-state index in [-0.39, 0.29) is 4.90 Å². The number of anilines is 1. The van der Waals surface area contributed by atoms with Gasteiger partial charge in [0.1, 0.15) is 11.5 Å². The van der Waals surface area contributed by atoms with E-state index in [9.17, 15) is 13.2 Å². The molecule has 2 aromatic carbocycles. The van der Waals surface area contributed by atoms with E-state index in [0.29, 0.717) is 35.8 Å². The van der Waals surface area contributed by atoms with Crippen molar-refractivity contribution in [3.8, 4) is 11.5 Å². The first-order valence-corrected chi connectivity index (χ1v) is 10.5. The Morgan fingerprint density at radius 1 is 1.00 bits per heavy atom. The maximum absolute atomic E-state index is 12.9. The lowest BCUT2D eigenvalue weighted by atomic mass is 10.1. The summed E-state index contributed by atoms with van der Waals surface area (Å²) in [6.07, 6.45) is 2.78. The number of hydrogen-bond donors (Lipinski definition) is 1. The molecule has 0 aromatic heterocycles. The average molecular weight is 404 g/mol. The second-order valence-corrected chi connectivity index (χ2v) is 8.45. The Morgan fingerprint density at radius 2 is 1.75 bits per heavy atom. The number of amides is 1. The topological polar surface area (TPSA) is 84.9 Å². The second kappa shape index (κ2) is 8.62. The first-order chi connectivity index (χ1) is 13.5. The number of carbonyl (C=O) groups is 1. The van der Waals surface area contributed by atoms with Gasteiger partial charge >= 0.3 is 0 Å². The van der Waals surface area contributed by atoms with Crippen LogP contribution in [0.4, 0.5) is 5.69 Å². The first-order valence-electron chi connectivity index (χ1n) is 9.09. The summed E-state index contributed by atoms with van der Waals surface area (Å²) in [5.41, 5.74) is 0.694. The molecule has 0 bridgehead atoms. The molecule has 0 aliphatic carbocycles. The summed E-state index contributed by atoms with van der Waals surface area (Å²) in [4.78, 5) is 12.9. The lowest BCUT2D eigenvalue weighted by molar-refractivity contribution is 0.102. The van der Waals surface area contributed by atoms with Crippen molar-refractivity contribution in [1.29, 1.82) is 0 Å². The van der Waals surface area contributed by atoms with E-state index < -0.39 is 15.9 Å². The third kappa shape index (κ3) is 4.28. The normalized spacial score (nSPS) is 15.1. The zero-order chi connectivity index (χ0) is 20.1. The van der Waals surface area contributed by atoms with Crippen LogP contribution >= 0.6 is 0 Å². The molecule has 8 heteroatoms. The molecule has 0 unspecified atom stereocenters. The van der Waals surface area contributed by atoms with Crippen LogP contribution in [0.25, 0.3) is 0 Å². The predicted molar refractivity (Wildman–Crippen MR) is 107 cm³/mol. The molecule has 1 N–H and O–H groups in total. The van der Waals surface area contributed by atoms with Gasteiger partial charge in [-0.05, 0) is 49.2 Å². The number of sulfonamides is 1. The molecule has 3 rings (SSSR count). The number of nitrogens with one attached hydrogen (secondary N) is 1. The van der Waals surface area contributed by atoms with Crippen LogP contribution in [0.2, 0.25) is 0 Å². The quantitative estimate of drug-likeness (QED) is 0.800. The van der Waals surface area contributed by atoms with Gasteiger partial charge < -0.3 is 14.8 Å². The number of hydrogen-bond acceptors (Lipinski definition) is 5. The summed E-state index contributed by atoms with van der Waals surface area (Å²) in [7, 11) is -0.582. The van der Waals surface area contributed by atoms with Crippen molar-refractivity contribution >= 4 is 21.6 Å². The Morgan fingerprint density at radius 3 is 2.43 bits per heavy atom. The number of rotatable bonds is 6. The highest BCUT2D eigenvalue weighted by Crippen LogP contribution is 2.26. The Labute approximate surface area is 165 Å². The number of methoxy groups -OCH3 is 2. The van der Waals surface area contributed by atoms with E-state index in [1.54, 1.807) is 36.4 Å². The van der Waals surface area contributed by atoms with Crippen LogP contribution in [-0.2, 0) is 10.0 Å². The number of carbonyl (C=O) groups excluding carboxylic acids is 1. The van der Waals surface area contributed by atoms with Crippen LogP contribution in [0, 0.1) is 0 Å². The van der Waals surface area contributed by atoms with E-state index in [2.05, 4.69) is 5.32 Å². The van der Waals surface area contributed by atoms with E-state index in [0.717, 1.165) is 19.3 Å². The van der Waals surface area contributed by atoms with Gasteiger partial charge in [-0.2, -0.15) is 4.31 Å². The number of ether oxygens (including phenoxy) is 2. The van der Waals surface area contributed by atoms with E-state index in [4.69, 9.17) is 9.47 Å². The van der Waals surface area contributed by atoms with E-state index in [1.165, 1.54) is 24.6 Å². The van der Waals surface area contributed by atoms with Gasteiger partial charge in [-0.15, -0.1) is 0 Å². The first kappa shape index (κ1) is 20.2. The van der Waals surface area contributed by atoms with Gasteiger partial charge in [0.05, 0.1) is 24.7 Å². The Hall–Kier alpha value is -2.58. The van der Waals surface area contributed by atoms with Crippen molar-refractivity contribution in [2.24, 2.45) is 0 Å². The summed E-state index contributed by atoms with van der Waals surface area (Å²) in [5.74, 6) is 0.506. The van der Waals surface area contributed by atoms with Gasteiger partial charge in [0.2, 0.25) is 10.0 Å². The summed E-state index contributed by atoms with van der Waals surface area (Å²) in [5, 5.41) is 2.74. The molecule has 0 radical (unpaired) electrons. The van der Waals surface area contributed by atoms with Crippen molar-refractivity contribution in [1.82, 2.24) is 4.31 Å². The van der Waals surface area contributed by atoms with Gasteiger partial charge in [0.25, 0.3) is 5.91 Å². The van der Waals surface area contributed by atoms with E-state index in [1.807, 2.05) is 0 Å². The largest absolute Gasteiger partial charge is 0.497 e. The minimum atomic E-state index is -3.57. The maximum atomic E-state index is 12.9. The molecule has 1 heterocycles. The number of piperidine rings is 1. The van der Waals surface area contributed by atoms with Gasteiger partial charge in [-0.3, -0.25) is 4.79 Å². The highest BCUT2D eigenvalue weighted by atomic mass is 32.2. The molecule has 1 aliphatic heterocycles. The highest BCUT2D eigenvalue weighted by molar-refractivity contribution is 7.89. The highest BCUT2D eigenvalue weighted by Gasteiger charge is 2.26. The van der Waals surface area contributed by atoms with Gasteiger partial charge in [-0.1, -0.05) is 12.5 Å². The Kier molecular flexibility index (Phi) is 6.21. The van der Waals surface area contributed by atoms with Gasteiger partial charge in [-0.25, -0.2) is 8.42 Å². The molecular weight excluding hydrogens is 380 g/mol. The molecule has 7 nitrogen and oxygen atoms in total. The molecule has 0 atom stereocenters. The molecule has 1 fully saturated rings. The monoisotopic (exact) mass is 404 g/mol. The smallest absolute Gasteiger partial charge is 0.259 e. The average Bonchev–Trinajstić information content (AvgIpc) is 2.74. The lowest BCUT2D eigenvalue weighted by Gasteiger charge is -2.26. The zero-order valence-corrected chi connectivity index (χ0v) is 16.8. The molecule has 0 saturated carbocycles. The maximum Gasteiger partial charge on any atom is 0.259 e. The standard InChI is InChI=1S/C20H24N2O5S/c1-26-16-9-10-19(27-2)18(14-16)20(23)21-15-7-6-8-17(13-15)28(24,25)22-11-4-3-5-12-22/h6-10,13-14H,3-5,11-12H2,1-2H3,(H,21,23). The molecule has 1 amide bonds. The summed E-state index contributed by atoms with van der Waals surface area (Å²) in [6, 6.07) is 11.2. The van der Waals surface area contributed by atoms with Crippen molar-refractivity contribution < 1.29 is 22.7 Å². The molecule has 0 spiro atoms. The second-order valence-electron chi connectivity index (χ2n) is 6.51. The molecule has 28 heavy (non-hydrogen) atoms. The third-order valence-electron chi connectivity index (χ3n) is 4.70. The fourth-order valence-corrected chi connectivity index (χ4v) is 4.74. The van der Waals surface area contributed by atoms with Crippen molar-refractivity contribution in [3.63, 3.8) is 0 Å². The van der Waals surface area contributed by atoms with Crippen molar-refractivity contribution in [3.05, 3.63) is 48.0 Å². The zero-order valence-electron chi connectivity index (χ0n) is 16.0. The van der Waals surface area contributed by atoms with Crippen LogP contribution in [0.3, 0.4) is 0 Å². The molecule has 1 saturated heterocycles. The predicted octanol–water partition coefficient (Wildman–Crippen LogP) is 3.13. The fraction of sp³-hybridized carbons (Fsp3) is 0.350. The van der Waals surface area contributed by atoms with Crippen molar-refractivity contribution in [2.45, 2.75) is 24.2 Å². The Balaban J connectivity index is 1.84. The van der Waals surface area contributed by atoms with Crippen LogP contribution in [0.15, 0.2) is 47.4 Å². The van der Waals surface area contributed by atoms with Crippen LogP contribution < -0.4 is 14.8 Å². The summed E-state index contributed by atoms with van der Waals surface area (Å²) >= 11 is 0. The number of benzene rings is 2. The van der Waals surface area contributed by atoms with Crippen LogP contribution in [0.1, 0.15) is 29.6 Å². The SMILES string of the molecule is COc1ccc(OC)c(C(=O)Nc2cccc(S(=O)(=O)N3CCCCC3)c2)c1. The third-order valence-corrected chi connectivity index (χ3v) is 6.59. The van der Waals surface area contributed by atoms with Gasteiger partial charge in [0.15, 0.2) is 0 Å². The minimum Gasteiger partial charge on any atom is -0.497 e. The lowest BCUT2D eigenvalue weighted by Crippen LogP contribution is -2.35. The Bertz CT molecular complexity index is 953. The van der Waals surface area contributed by atoms with Crippen LogP contribution in [0.5, 0.6) is 11.5 Å². The molecule has 1 aliphatic rings. The van der Waals surface area contributed by atoms with Crippen molar-refractivity contribution in [2.75, 3.05) is 32.6 Å². The summed E-state index contributed by atoms with van der Waals surface area (Å²) in [6.45, 7) is 1.06. The fourth-order valence-electron chi connectivity index (χ4n) is 3.18. The van der Waals surface area contributed by atoms with E-state index >= 15 is 0 Å². The number of nitrogens with zero attached hydrogens (tertiary/aromatic N) is 1. The van der Waals surface area contributed by atoms with Crippen LogP contribution in [-0.4, -0.2) is 45.9 Å². The molecule has 150 valence electrons. The molecule has 2 aromatic rings. The minimum absolute atomic E-state index is 0.171. The molecular formula is C20H24N2O5S.